The van der Waals surface area contributed by atoms with Gasteiger partial charge in [-0.2, -0.15) is 10.2 Å². The summed E-state index contributed by atoms with van der Waals surface area (Å²) in [5.41, 5.74) is 9.94. The molecule has 0 aliphatic heterocycles. The minimum absolute atomic E-state index is 0.314. The third-order valence-electron chi connectivity index (χ3n) is 5.51. The fourth-order valence-corrected chi connectivity index (χ4v) is 3.91. The van der Waals surface area contributed by atoms with E-state index in [0.717, 1.165) is 35.6 Å². The minimum Gasteiger partial charge on any atom is -0.461 e. The van der Waals surface area contributed by atoms with Gasteiger partial charge in [-0.05, 0) is 42.0 Å². The maximum absolute atomic E-state index is 11.8. The summed E-state index contributed by atoms with van der Waals surface area (Å²) in [5.74, 6) is 0.0439. The summed E-state index contributed by atoms with van der Waals surface area (Å²) >= 11 is 0. The topological polar surface area (TPSA) is 105 Å². The van der Waals surface area contributed by atoms with Crippen LogP contribution in [0.15, 0.2) is 72.8 Å². The zero-order valence-corrected chi connectivity index (χ0v) is 22.8. The Morgan fingerprint density at radius 1 is 0.763 bits per heavy atom. The highest BCUT2D eigenvalue weighted by atomic mass is 16.5. The summed E-state index contributed by atoms with van der Waals surface area (Å²) in [6, 6.07) is 23.4. The first-order valence-corrected chi connectivity index (χ1v) is 12.9. The minimum atomic E-state index is -0.491. The van der Waals surface area contributed by atoms with Gasteiger partial charge >= 0.3 is 5.97 Å². The molecule has 1 amide bonds. The number of benzene rings is 2. The van der Waals surface area contributed by atoms with Crippen LogP contribution in [0.5, 0.6) is 0 Å². The molecule has 2 aromatic carbocycles. The molecule has 0 aliphatic carbocycles. The van der Waals surface area contributed by atoms with Crippen molar-refractivity contribution in [3.05, 3.63) is 84.2 Å². The van der Waals surface area contributed by atoms with Crippen molar-refractivity contribution in [1.82, 2.24) is 19.6 Å². The number of esters is 1. The molecule has 4 rings (SSSR count). The van der Waals surface area contributed by atoms with E-state index in [1.54, 1.807) is 19.1 Å². The highest BCUT2D eigenvalue weighted by Crippen LogP contribution is 2.23. The Morgan fingerprint density at radius 3 is 1.58 bits per heavy atom. The largest absolute Gasteiger partial charge is 0.461 e. The summed E-state index contributed by atoms with van der Waals surface area (Å²) in [6.07, 6.45) is 0. The number of carbonyl (C=O) groups excluding carboxylic acids is 2. The number of ether oxygens (including phenoxy) is 1. The standard InChI is InChI=1S/C16H20N2O2.C14H17N3O/c1-4-20-16(19)14-10-15(13-8-6-5-7-9-13)18(17-14)11-12(2)3;1-10(2)9-17-13(8-12(16-17)14(15)18)11-6-4-3-5-7-11/h5-10,12H,4,11H2,1-3H3;3-8,10H,9H2,1-2H3,(H2,15,18). The normalized spacial score (nSPS) is 10.8. The molecule has 2 heterocycles. The second kappa shape index (κ2) is 13.4. The fourth-order valence-electron chi connectivity index (χ4n) is 3.91. The Balaban J connectivity index is 0.000000212. The molecule has 8 nitrogen and oxygen atoms in total. The van der Waals surface area contributed by atoms with Crippen LogP contribution >= 0.6 is 0 Å². The van der Waals surface area contributed by atoms with Crippen molar-refractivity contribution < 1.29 is 14.3 Å². The number of carbonyl (C=O) groups is 2. The van der Waals surface area contributed by atoms with E-state index < -0.39 is 5.91 Å². The molecule has 0 saturated heterocycles. The predicted octanol–water partition coefficient (Wildman–Crippen LogP) is 5.69. The number of amides is 1. The van der Waals surface area contributed by atoms with Crippen LogP contribution in [0.4, 0.5) is 0 Å². The molecule has 0 atom stereocenters. The first-order valence-electron chi connectivity index (χ1n) is 12.9. The van der Waals surface area contributed by atoms with Crippen molar-refractivity contribution in [2.24, 2.45) is 17.6 Å². The summed E-state index contributed by atoms with van der Waals surface area (Å²) in [4.78, 5) is 23.1. The smallest absolute Gasteiger partial charge is 0.358 e. The maximum Gasteiger partial charge on any atom is 0.358 e. The summed E-state index contributed by atoms with van der Waals surface area (Å²) < 4.78 is 8.75. The molecule has 2 N–H and O–H groups in total. The molecule has 38 heavy (non-hydrogen) atoms. The van der Waals surface area contributed by atoms with Crippen molar-refractivity contribution in [1.29, 1.82) is 0 Å². The SMILES string of the molecule is CC(C)Cn1nc(C(N)=O)cc1-c1ccccc1.CCOC(=O)c1cc(-c2ccccc2)n(CC(C)C)n1. The molecule has 0 aliphatic rings. The van der Waals surface area contributed by atoms with Crippen LogP contribution in [0.25, 0.3) is 22.5 Å². The average Bonchev–Trinajstić information content (AvgIpc) is 3.50. The van der Waals surface area contributed by atoms with Crippen molar-refractivity contribution >= 4 is 11.9 Å². The zero-order valence-electron chi connectivity index (χ0n) is 22.8. The van der Waals surface area contributed by atoms with Gasteiger partial charge < -0.3 is 10.5 Å². The van der Waals surface area contributed by atoms with Gasteiger partial charge in [-0.15, -0.1) is 0 Å². The van der Waals surface area contributed by atoms with Gasteiger partial charge in [0.1, 0.15) is 0 Å². The van der Waals surface area contributed by atoms with Gasteiger partial charge in [0.25, 0.3) is 5.91 Å². The van der Waals surface area contributed by atoms with E-state index in [0.29, 0.717) is 29.8 Å². The summed E-state index contributed by atoms with van der Waals surface area (Å²) in [6.45, 7) is 12.2. The van der Waals surface area contributed by atoms with Crippen LogP contribution in [0.1, 0.15) is 55.6 Å². The molecule has 8 heteroatoms. The second-order valence-corrected chi connectivity index (χ2v) is 9.80. The van der Waals surface area contributed by atoms with Crippen molar-refractivity contribution in [3.8, 4) is 22.5 Å². The monoisotopic (exact) mass is 515 g/mol. The van der Waals surface area contributed by atoms with E-state index in [2.05, 4.69) is 37.9 Å². The molecule has 0 bridgehead atoms. The maximum atomic E-state index is 11.8. The van der Waals surface area contributed by atoms with Crippen LogP contribution in [-0.2, 0) is 17.8 Å². The zero-order chi connectivity index (χ0) is 27.7. The van der Waals surface area contributed by atoms with E-state index in [1.807, 2.05) is 70.0 Å². The molecule has 2 aromatic heterocycles. The Kier molecular flexibility index (Phi) is 9.99. The van der Waals surface area contributed by atoms with Crippen molar-refractivity contribution in [3.63, 3.8) is 0 Å². The Bertz CT molecular complexity index is 1320. The van der Waals surface area contributed by atoms with Crippen LogP contribution in [0, 0.1) is 11.8 Å². The lowest BCUT2D eigenvalue weighted by molar-refractivity contribution is 0.0518. The van der Waals surface area contributed by atoms with E-state index in [-0.39, 0.29) is 5.97 Å². The molecule has 0 radical (unpaired) electrons. The Labute approximate surface area is 224 Å². The van der Waals surface area contributed by atoms with Gasteiger partial charge in [-0.3, -0.25) is 14.2 Å². The van der Waals surface area contributed by atoms with Crippen molar-refractivity contribution in [2.45, 2.75) is 47.7 Å². The van der Waals surface area contributed by atoms with Gasteiger partial charge in [0, 0.05) is 13.1 Å². The third kappa shape index (κ3) is 7.65. The van der Waals surface area contributed by atoms with Gasteiger partial charge in [-0.1, -0.05) is 88.4 Å². The molecule has 4 aromatic rings. The highest BCUT2D eigenvalue weighted by molar-refractivity contribution is 5.92. The molecule has 200 valence electrons. The molecule has 0 spiro atoms. The second-order valence-electron chi connectivity index (χ2n) is 9.80. The lowest BCUT2D eigenvalue weighted by Crippen LogP contribution is -2.13. The quantitative estimate of drug-likeness (QED) is 0.288. The first kappa shape index (κ1) is 28.4. The number of hydrogen-bond acceptors (Lipinski definition) is 5. The number of hydrogen-bond donors (Lipinski definition) is 1. The Hall–Kier alpha value is -4.20. The van der Waals surface area contributed by atoms with E-state index in [1.165, 1.54) is 0 Å². The van der Waals surface area contributed by atoms with Crippen LogP contribution in [0.3, 0.4) is 0 Å². The van der Waals surface area contributed by atoms with E-state index >= 15 is 0 Å². The van der Waals surface area contributed by atoms with Gasteiger partial charge in [0.15, 0.2) is 11.4 Å². The molecule has 0 fully saturated rings. The lowest BCUT2D eigenvalue weighted by Gasteiger charge is -2.09. The lowest BCUT2D eigenvalue weighted by atomic mass is 10.1. The van der Waals surface area contributed by atoms with Gasteiger partial charge in [-0.25, -0.2) is 4.79 Å². The van der Waals surface area contributed by atoms with Crippen LogP contribution in [0.2, 0.25) is 0 Å². The average molecular weight is 516 g/mol. The highest BCUT2D eigenvalue weighted by Gasteiger charge is 2.17. The van der Waals surface area contributed by atoms with Crippen LogP contribution in [-0.4, -0.2) is 38.0 Å². The van der Waals surface area contributed by atoms with E-state index in [9.17, 15) is 9.59 Å². The number of nitrogens with two attached hydrogens (primary N) is 1. The van der Waals surface area contributed by atoms with Crippen molar-refractivity contribution in [2.75, 3.05) is 6.61 Å². The number of nitrogens with zero attached hydrogens (tertiary/aromatic N) is 4. The van der Waals surface area contributed by atoms with Gasteiger partial charge in [0.2, 0.25) is 0 Å². The number of rotatable bonds is 9. The molecular weight excluding hydrogens is 478 g/mol. The molecule has 0 unspecified atom stereocenters. The van der Waals surface area contributed by atoms with Gasteiger partial charge in [0.05, 0.1) is 18.0 Å². The molecule has 0 saturated carbocycles. The number of aromatic nitrogens is 4. The first-order chi connectivity index (χ1) is 18.2. The van der Waals surface area contributed by atoms with E-state index in [4.69, 9.17) is 10.5 Å². The third-order valence-corrected chi connectivity index (χ3v) is 5.51. The molecular formula is C30H37N5O3. The fraction of sp³-hybridized carbons (Fsp3) is 0.333. The van der Waals surface area contributed by atoms with Crippen LogP contribution < -0.4 is 5.73 Å². The predicted molar refractivity (Wildman–Crippen MR) is 149 cm³/mol. The summed E-state index contributed by atoms with van der Waals surface area (Å²) in [5, 5.41) is 8.66. The number of primary amides is 1. The Morgan fingerprint density at radius 2 is 1.18 bits per heavy atom. The summed E-state index contributed by atoms with van der Waals surface area (Å²) in [7, 11) is 0.